The third-order valence-electron chi connectivity index (χ3n) is 6.36. The Labute approximate surface area is 227 Å². The highest BCUT2D eigenvalue weighted by atomic mass is 35.5. The molecule has 0 saturated heterocycles. The predicted molar refractivity (Wildman–Crippen MR) is 154 cm³/mol. The molecule has 0 aliphatic rings. The van der Waals surface area contributed by atoms with E-state index < -0.39 is 0 Å². The molecule has 0 fully saturated rings. The second-order valence-corrected chi connectivity index (χ2v) is 9.61. The Morgan fingerprint density at radius 2 is 0.649 bits per heavy atom. The van der Waals surface area contributed by atoms with Crippen LogP contribution in [0.4, 0.5) is 28.4 Å². The maximum absolute atomic E-state index is 4.46. The molecule has 0 bridgehead atoms. The van der Waals surface area contributed by atoms with E-state index >= 15 is 0 Å². The van der Waals surface area contributed by atoms with Gasteiger partial charge in [0.15, 0.2) is 0 Å². The van der Waals surface area contributed by atoms with Crippen LogP contribution in [0.5, 0.6) is 0 Å². The van der Waals surface area contributed by atoms with Gasteiger partial charge in [-0.1, -0.05) is 36.4 Å². The third kappa shape index (κ3) is 6.89. The van der Waals surface area contributed by atoms with Crippen LogP contribution >= 0.6 is 0 Å². The van der Waals surface area contributed by atoms with Crippen LogP contribution in [0.3, 0.4) is 0 Å². The summed E-state index contributed by atoms with van der Waals surface area (Å²) in [6.45, 7) is 0. The van der Waals surface area contributed by atoms with Crippen molar-refractivity contribution in [1.29, 1.82) is 0 Å². The minimum Gasteiger partial charge on any atom is -1.00 e. The molecule has 0 aromatic heterocycles. The normalized spacial score (nSPS) is 10.9. The first-order chi connectivity index (χ1) is 17.3. The zero-order chi connectivity index (χ0) is 25.7. The zero-order valence-electron chi connectivity index (χ0n) is 22.4. The summed E-state index contributed by atoms with van der Waals surface area (Å²) in [6, 6.07) is 34.1. The molecule has 0 spiro atoms. The SMILES string of the molecule is CN(C)c1ccc(N=Nc2ccc(C(c3ccc(N(C)C)cc3)c3ccc(N(C)C)cc3)cc2)cc1.[Cl-]. The van der Waals surface area contributed by atoms with Crippen LogP contribution in [0, 0.1) is 0 Å². The molecule has 0 atom stereocenters. The topological polar surface area (TPSA) is 34.4 Å². The maximum Gasteiger partial charge on any atom is 0.0858 e. The number of anilines is 3. The third-order valence-corrected chi connectivity index (χ3v) is 6.36. The Hall–Kier alpha value is -3.83. The smallest absolute Gasteiger partial charge is 0.0858 e. The Morgan fingerprint density at radius 3 is 0.946 bits per heavy atom. The molecule has 4 rings (SSSR count). The van der Waals surface area contributed by atoms with Crippen molar-refractivity contribution >= 4 is 28.4 Å². The van der Waals surface area contributed by atoms with Crippen LogP contribution in [-0.2, 0) is 0 Å². The Balaban J connectivity index is 0.00000380. The zero-order valence-corrected chi connectivity index (χ0v) is 23.2. The second kappa shape index (κ2) is 12.4. The number of hydrogen-bond donors (Lipinski definition) is 0. The van der Waals surface area contributed by atoms with E-state index in [4.69, 9.17) is 0 Å². The molecule has 0 aliphatic heterocycles. The van der Waals surface area contributed by atoms with Crippen molar-refractivity contribution in [2.45, 2.75) is 5.92 Å². The number of rotatable bonds is 8. The summed E-state index contributed by atoms with van der Waals surface area (Å²) >= 11 is 0. The van der Waals surface area contributed by atoms with Gasteiger partial charge in [-0.25, -0.2) is 0 Å². The molecule has 0 N–H and O–H groups in total. The molecule has 5 nitrogen and oxygen atoms in total. The van der Waals surface area contributed by atoms with E-state index in [1.807, 2.05) is 50.5 Å². The summed E-state index contributed by atoms with van der Waals surface area (Å²) in [5.41, 5.74) is 8.93. The van der Waals surface area contributed by atoms with Crippen LogP contribution in [0.15, 0.2) is 107 Å². The molecule has 6 heteroatoms. The Bertz CT molecular complexity index is 1230. The summed E-state index contributed by atoms with van der Waals surface area (Å²) in [7, 11) is 12.3. The van der Waals surface area contributed by atoms with E-state index in [1.165, 1.54) is 28.1 Å². The van der Waals surface area contributed by atoms with Crippen molar-refractivity contribution < 1.29 is 12.4 Å². The fraction of sp³-hybridized carbons (Fsp3) is 0.226. The molecule has 192 valence electrons. The van der Waals surface area contributed by atoms with Gasteiger partial charge in [-0.15, -0.1) is 0 Å². The lowest BCUT2D eigenvalue weighted by Gasteiger charge is -2.21. The standard InChI is InChI=1S/C31H35N5.ClH/c1-34(2)28-17-9-24(10-18-28)31(25-11-19-29(20-12-25)35(3)4)23-7-13-26(14-8-23)32-33-27-15-21-30(22-16-27)36(5)6;/h7-22,31H,1-6H3;1H/p-1. The number of halogens is 1. The number of nitrogens with zero attached hydrogens (tertiary/aromatic N) is 5. The second-order valence-electron chi connectivity index (χ2n) is 9.61. The molecule has 0 heterocycles. The van der Waals surface area contributed by atoms with E-state index in [9.17, 15) is 0 Å². The van der Waals surface area contributed by atoms with Crippen molar-refractivity contribution in [1.82, 2.24) is 0 Å². The Kier molecular flexibility index (Phi) is 9.31. The minimum absolute atomic E-state index is 0. The van der Waals surface area contributed by atoms with Crippen molar-refractivity contribution in [3.05, 3.63) is 114 Å². The van der Waals surface area contributed by atoms with Crippen LogP contribution < -0.4 is 27.1 Å². The molecule has 0 amide bonds. The lowest BCUT2D eigenvalue weighted by atomic mass is 9.85. The summed E-state index contributed by atoms with van der Waals surface area (Å²) in [5, 5.41) is 8.88. The monoisotopic (exact) mass is 512 g/mol. The van der Waals surface area contributed by atoms with Gasteiger partial charge in [-0.3, -0.25) is 0 Å². The molecular weight excluding hydrogens is 478 g/mol. The molecule has 4 aromatic rings. The number of azo groups is 1. The minimum atomic E-state index is 0. The van der Waals surface area contributed by atoms with Crippen molar-refractivity contribution in [3.8, 4) is 0 Å². The molecule has 4 aromatic carbocycles. The number of benzene rings is 4. The molecule has 0 saturated carbocycles. The Morgan fingerprint density at radius 1 is 0.405 bits per heavy atom. The van der Waals surface area contributed by atoms with Gasteiger partial charge in [0.25, 0.3) is 0 Å². The van der Waals surface area contributed by atoms with Crippen LogP contribution in [0.1, 0.15) is 22.6 Å². The van der Waals surface area contributed by atoms with Crippen molar-refractivity contribution in [3.63, 3.8) is 0 Å². The fourth-order valence-electron chi connectivity index (χ4n) is 4.17. The fourth-order valence-corrected chi connectivity index (χ4v) is 4.17. The quantitative estimate of drug-likeness (QED) is 0.258. The first-order valence-corrected chi connectivity index (χ1v) is 12.2. The van der Waals surface area contributed by atoms with Crippen LogP contribution in [0.2, 0.25) is 0 Å². The van der Waals surface area contributed by atoms with Crippen LogP contribution in [0.25, 0.3) is 0 Å². The van der Waals surface area contributed by atoms with Gasteiger partial charge in [0.05, 0.1) is 11.4 Å². The van der Waals surface area contributed by atoms with Crippen molar-refractivity contribution in [2.24, 2.45) is 10.2 Å². The van der Waals surface area contributed by atoms with Gasteiger partial charge in [0.2, 0.25) is 0 Å². The molecule has 0 radical (unpaired) electrons. The maximum atomic E-state index is 4.46. The van der Waals surface area contributed by atoms with Gasteiger partial charge >= 0.3 is 0 Å². The van der Waals surface area contributed by atoms with E-state index in [2.05, 4.69) is 114 Å². The predicted octanol–water partition coefficient (Wildman–Crippen LogP) is 4.48. The molecule has 0 unspecified atom stereocenters. The first-order valence-electron chi connectivity index (χ1n) is 12.2. The lowest BCUT2D eigenvalue weighted by Crippen LogP contribution is -3.00. The van der Waals surface area contributed by atoms with Crippen LogP contribution in [-0.4, -0.2) is 42.3 Å². The van der Waals surface area contributed by atoms with E-state index in [0.29, 0.717) is 0 Å². The van der Waals surface area contributed by atoms with E-state index in [-0.39, 0.29) is 18.3 Å². The summed E-state index contributed by atoms with van der Waals surface area (Å²) in [4.78, 5) is 6.31. The highest BCUT2D eigenvalue weighted by Crippen LogP contribution is 2.35. The van der Waals surface area contributed by atoms with Gasteiger partial charge in [0.1, 0.15) is 0 Å². The molecule has 37 heavy (non-hydrogen) atoms. The highest BCUT2D eigenvalue weighted by molar-refractivity contribution is 5.55. The highest BCUT2D eigenvalue weighted by Gasteiger charge is 2.17. The summed E-state index contributed by atoms with van der Waals surface area (Å²) < 4.78 is 0. The largest absolute Gasteiger partial charge is 1.00 e. The average Bonchev–Trinajstić information content (AvgIpc) is 2.89. The van der Waals surface area contributed by atoms with Gasteiger partial charge in [0, 0.05) is 65.3 Å². The van der Waals surface area contributed by atoms with Gasteiger partial charge in [-0.05, 0) is 77.4 Å². The average molecular weight is 513 g/mol. The molecule has 0 aliphatic carbocycles. The van der Waals surface area contributed by atoms with E-state index in [1.54, 1.807) is 0 Å². The van der Waals surface area contributed by atoms with Crippen molar-refractivity contribution in [2.75, 3.05) is 57.0 Å². The first kappa shape index (κ1) is 27.8. The number of hydrogen-bond acceptors (Lipinski definition) is 5. The molecular formula is C31H35ClN5-. The summed E-state index contributed by atoms with van der Waals surface area (Å²) in [5.74, 6) is 0.127. The lowest BCUT2D eigenvalue weighted by molar-refractivity contribution is -0.00000743. The van der Waals surface area contributed by atoms with Gasteiger partial charge in [-0.2, -0.15) is 10.2 Å². The van der Waals surface area contributed by atoms with Gasteiger partial charge < -0.3 is 27.1 Å². The van der Waals surface area contributed by atoms with E-state index in [0.717, 1.165) is 17.1 Å². The summed E-state index contributed by atoms with van der Waals surface area (Å²) in [6.07, 6.45) is 0.